The number of carbonyl (C=O) groups excluding carboxylic acids is 1. The normalized spacial score (nSPS) is 25.9. The molecule has 0 aromatic carbocycles. The van der Waals surface area contributed by atoms with Gasteiger partial charge in [-0.3, -0.25) is 9.48 Å². The number of hydrogen-bond donors (Lipinski definition) is 1. The number of alkyl halides is 5. The van der Waals surface area contributed by atoms with Gasteiger partial charge >= 0.3 is 5.97 Å². The van der Waals surface area contributed by atoms with Crippen LogP contribution < -0.4 is 0 Å². The third-order valence-electron chi connectivity index (χ3n) is 7.89. The van der Waals surface area contributed by atoms with Gasteiger partial charge in [0.25, 0.3) is 12.9 Å². The van der Waals surface area contributed by atoms with Crippen LogP contribution in [0.2, 0.25) is 0 Å². The van der Waals surface area contributed by atoms with E-state index in [4.69, 9.17) is 21.4 Å². The Morgan fingerprint density at radius 3 is 2.50 bits per heavy atom. The molecule has 218 valence electrons. The number of carboxylic acid groups (broad SMARTS) is 1. The van der Waals surface area contributed by atoms with E-state index in [2.05, 4.69) is 10.3 Å². The Kier molecular flexibility index (Phi) is 8.64. The van der Waals surface area contributed by atoms with E-state index in [0.29, 0.717) is 48.1 Å². The zero-order valence-electron chi connectivity index (χ0n) is 21.3. The minimum absolute atomic E-state index is 0.0293. The second-order valence-electron chi connectivity index (χ2n) is 10.3. The van der Waals surface area contributed by atoms with Crippen molar-refractivity contribution >= 4 is 40.5 Å². The van der Waals surface area contributed by atoms with Crippen LogP contribution in [0.5, 0.6) is 0 Å². The van der Waals surface area contributed by atoms with Crippen molar-refractivity contribution in [2.75, 3.05) is 13.1 Å². The number of oxime groups is 1. The van der Waals surface area contributed by atoms with Gasteiger partial charge in [-0.15, -0.1) is 22.9 Å². The second-order valence-corrected chi connectivity index (χ2v) is 11.8. The summed E-state index contributed by atoms with van der Waals surface area (Å²) in [6.07, 6.45) is -2.48. The van der Waals surface area contributed by atoms with Gasteiger partial charge in [0.2, 0.25) is 12.0 Å². The number of aromatic nitrogens is 3. The van der Waals surface area contributed by atoms with Crippen LogP contribution in [0.4, 0.5) is 17.6 Å². The van der Waals surface area contributed by atoms with E-state index in [9.17, 15) is 32.3 Å². The van der Waals surface area contributed by atoms with Crippen molar-refractivity contribution in [2.24, 2.45) is 17.0 Å². The fourth-order valence-electron chi connectivity index (χ4n) is 5.80. The number of likely N-dealkylation sites (tertiary alicyclic amines) is 1. The first-order valence-electron chi connectivity index (χ1n) is 13.1. The third-order valence-corrected chi connectivity index (χ3v) is 9.44. The Morgan fingerprint density at radius 1 is 1.12 bits per heavy atom. The number of halogens is 5. The highest BCUT2D eigenvalue weighted by Gasteiger charge is 2.48. The molecule has 4 atom stereocenters. The Hall–Kier alpha value is -2.74. The largest absolute Gasteiger partial charge is 0.478 e. The molecule has 2 aromatic heterocycles. The van der Waals surface area contributed by atoms with Crippen LogP contribution in [0.3, 0.4) is 0 Å². The first-order valence-corrected chi connectivity index (χ1v) is 14.4. The average molecular weight is 606 g/mol. The first kappa shape index (κ1) is 28.8. The third kappa shape index (κ3) is 5.83. The van der Waals surface area contributed by atoms with E-state index < -0.39 is 54.7 Å². The highest BCUT2D eigenvalue weighted by molar-refractivity contribution is 7.10. The van der Waals surface area contributed by atoms with Crippen LogP contribution in [0.1, 0.15) is 79.4 Å². The topological polar surface area (TPSA) is 110 Å². The molecule has 4 heterocycles. The van der Waals surface area contributed by atoms with Crippen LogP contribution in [0.15, 0.2) is 16.6 Å². The molecule has 2 aromatic rings. The number of rotatable bonds is 8. The number of amides is 1. The molecule has 1 N–H and O–H groups in total. The fraction of sp³-hybridized carbons (Fsp3) is 0.640. The van der Waals surface area contributed by atoms with E-state index in [1.54, 1.807) is 0 Å². The van der Waals surface area contributed by atoms with E-state index in [0.717, 1.165) is 30.7 Å². The minimum atomic E-state index is -3.04. The lowest BCUT2D eigenvalue weighted by atomic mass is 9.74. The van der Waals surface area contributed by atoms with Gasteiger partial charge in [0.1, 0.15) is 23.6 Å². The smallest absolute Gasteiger partial charge is 0.348 e. The van der Waals surface area contributed by atoms with Crippen molar-refractivity contribution in [3.8, 4) is 0 Å². The number of hydrogen-bond acceptors (Lipinski definition) is 7. The first-order chi connectivity index (χ1) is 19.1. The maximum atomic E-state index is 13.3. The molecule has 0 spiro atoms. The van der Waals surface area contributed by atoms with Gasteiger partial charge in [-0.1, -0.05) is 18.0 Å². The summed E-state index contributed by atoms with van der Waals surface area (Å²) >= 11 is 8.04. The molecule has 4 unspecified atom stereocenters. The van der Waals surface area contributed by atoms with Crippen molar-refractivity contribution in [2.45, 2.75) is 75.3 Å². The summed E-state index contributed by atoms with van der Waals surface area (Å²) in [4.78, 5) is 36.3. The van der Waals surface area contributed by atoms with E-state index in [1.807, 2.05) is 5.38 Å². The second kappa shape index (κ2) is 12.0. The molecule has 9 nitrogen and oxygen atoms in total. The predicted octanol–water partition coefficient (Wildman–Crippen LogP) is 5.22. The number of carbonyl (C=O) groups is 2. The lowest BCUT2D eigenvalue weighted by Crippen LogP contribution is -2.41. The van der Waals surface area contributed by atoms with Gasteiger partial charge in [0.15, 0.2) is 0 Å². The Bertz CT molecular complexity index is 1270. The molecule has 3 aliphatic rings. The highest BCUT2D eigenvalue weighted by atomic mass is 35.5. The molecular weight excluding hydrogens is 578 g/mol. The summed E-state index contributed by atoms with van der Waals surface area (Å²) in [5.41, 5.74) is -0.447. The van der Waals surface area contributed by atoms with Gasteiger partial charge in [0, 0.05) is 29.8 Å². The summed E-state index contributed by atoms with van der Waals surface area (Å²) in [6.45, 7) is 0.136. The quantitative estimate of drug-likeness (QED) is 0.326. The number of piperidine rings is 1. The van der Waals surface area contributed by atoms with Crippen LogP contribution in [-0.4, -0.2) is 66.9 Å². The van der Waals surface area contributed by atoms with E-state index in [-0.39, 0.29) is 17.2 Å². The van der Waals surface area contributed by atoms with Gasteiger partial charge in [0.05, 0.1) is 16.6 Å². The molecule has 2 fully saturated rings. The Labute approximate surface area is 236 Å². The number of aliphatic carboxylic acids is 1. The molecule has 5 rings (SSSR count). The highest BCUT2D eigenvalue weighted by Crippen LogP contribution is 2.41. The summed E-state index contributed by atoms with van der Waals surface area (Å²) < 4.78 is 53.1. The van der Waals surface area contributed by atoms with E-state index in [1.165, 1.54) is 16.2 Å². The van der Waals surface area contributed by atoms with Gasteiger partial charge < -0.3 is 14.8 Å². The summed E-state index contributed by atoms with van der Waals surface area (Å²) in [7, 11) is 0. The fourth-order valence-corrected chi connectivity index (χ4v) is 7.23. The SMILES string of the molecule is O=C(O)C1ON=C(c2csc(C3CCN(C(=O)Cn4nc(C(F)F)cc4C(F)F)CC3)n2)C1C1CCCCC1Cl. The Morgan fingerprint density at radius 2 is 1.85 bits per heavy atom. The lowest BCUT2D eigenvalue weighted by Gasteiger charge is -2.33. The monoisotopic (exact) mass is 605 g/mol. The number of carboxylic acids is 1. The van der Waals surface area contributed by atoms with Gasteiger partial charge in [-0.05, 0) is 37.7 Å². The van der Waals surface area contributed by atoms with Crippen LogP contribution in [0, 0.1) is 11.8 Å². The maximum absolute atomic E-state index is 13.3. The van der Waals surface area contributed by atoms with Crippen molar-refractivity contribution < 1.29 is 37.1 Å². The van der Waals surface area contributed by atoms with Crippen LogP contribution in [0.25, 0.3) is 0 Å². The summed E-state index contributed by atoms with van der Waals surface area (Å²) in [5, 5.41) is 19.8. The van der Waals surface area contributed by atoms with Crippen molar-refractivity contribution in [3.05, 3.63) is 33.5 Å². The summed E-state index contributed by atoms with van der Waals surface area (Å²) in [6, 6.07) is 0.624. The lowest BCUT2D eigenvalue weighted by molar-refractivity contribution is -0.151. The van der Waals surface area contributed by atoms with Crippen molar-refractivity contribution in [3.63, 3.8) is 0 Å². The average Bonchev–Trinajstić information content (AvgIpc) is 3.67. The maximum Gasteiger partial charge on any atom is 0.348 e. The number of thiazole rings is 1. The molecule has 0 radical (unpaired) electrons. The molecule has 1 amide bonds. The van der Waals surface area contributed by atoms with Crippen molar-refractivity contribution in [1.29, 1.82) is 0 Å². The van der Waals surface area contributed by atoms with Crippen LogP contribution in [-0.2, 0) is 21.0 Å². The molecule has 0 bridgehead atoms. The predicted molar refractivity (Wildman–Crippen MR) is 137 cm³/mol. The zero-order valence-corrected chi connectivity index (χ0v) is 22.8. The minimum Gasteiger partial charge on any atom is -0.478 e. The molecule has 15 heteroatoms. The van der Waals surface area contributed by atoms with Crippen molar-refractivity contribution in [1.82, 2.24) is 19.7 Å². The Balaban J connectivity index is 1.23. The van der Waals surface area contributed by atoms with Gasteiger partial charge in [-0.25, -0.2) is 27.3 Å². The molecule has 1 saturated carbocycles. The number of nitrogens with zero attached hydrogens (tertiary/aromatic N) is 5. The molecular formula is C25H28ClF4N5O4S. The standard InChI is InChI=1S/C25H28ClF4N5O4S/c26-14-4-2-1-3-13(14)19-20(33-39-21(19)25(37)38)16-11-40-24(31-16)12-5-7-34(8-6-12)18(36)10-35-17(23(29)30)9-15(32-35)22(27)28/h9,11-14,19,21-23H,1-8,10H2,(H,37,38). The molecule has 40 heavy (non-hydrogen) atoms. The van der Waals surface area contributed by atoms with E-state index >= 15 is 0 Å². The molecule has 2 aliphatic heterocycles. The molecule has 1 aliphatic carbocycles. The summed E-state index contributed by atoms with van der Waals surface area (Å²) in [5.74, 6) is -2.13. The zero-order chi connectivity index (χ0) is 28.6. The van der Waals surface area contributed by atoms with Crippen LogP contribution >= 0.6 is 22.9 Å². The van der Waals surface area contributed by atoms with Gasteiger partial charge in [-0.2, -0.15) is 5.10 Å². The molecule has 1 saturated heterocycles.